The van der Waals surface area contributed by atoms with Crippen LogP contribution in [-0.2, 0) is 16.0 Å². The zero-order valence-corrected chi connectivity index (χ0v) is 19.4. The SMILES string of the molecule is CCc1nc2ccc(Br)cc2c(=O)n1N=Cc1ccc(OCC(=O)OC)c(I)c1. The predicted octanol–water partition coefficient (Wildman–Crippen LogP) is 3.76. The van der Waals surface area contributed by atoms with Gasteiger partial charge in [-0.05, 0) is 64.6 Å². The molecule has 3 rings (SSSR count). The average molecular weight is 570 g/mol. The lowest BCUT2D eigenvalue weighted by Crippen LogP contribution is -2.22. The Hall–Kier alpha value is -2.27. The first-order chi connectivity index (χ1) is 13.9. The number of halogens is 2. The molecule has 0 aliphatic rings. The Kier molecular flexibility index (Phi) is 7.01. The highest BCUT2D eigenvalue weighted by molar-refractivity contribution is 14.1. The van der Waals surface area contributed by atoms with Gasteiger partial charge in [0, 0.05) is 10.9 Å². The number of carbonyl (C=O) groups is 1. The summed E-state index contributed by atoms with van der Waals surface area (Å²) in [6.45, 7) is 1.77. The molecule has 1 heterocycles. The molecule has 0 fully saturated rings. The minimum absolute atomic E-state index is 0.159. The van der Waals surface area contributed by atoms with Crippen LogP contribution in [0.25, 0.3) is 10.9 Å². The van der Waals surface area contributed by atoms with Gasteiger partial charge in [-0.3, -0.25) is 4.79 Å². The number of benzene rings is 2. The van der Waals surface area contributed by atoms with Crippen molar-refractivity contribution < 1.29 is 14.3 Å². The number of aromatic nitrogens is 2. The fourth-order valence-electron chi connectivity index (χ4n) is 2.58. The number of hydrogen-bond acceptors (Lipinski definition) is 6. The van der Waals surface area contributed by atoms with Crippen LogP contribution in [0.15, 0.2) is 50.8 Å². The molecule has 3 aromatic rings. The van der Waals surface area contributed by atoms with E-state index in [0.717, 1.165) is 13.6 Å². The van der Waals surface area contributed by atoms with E-state index in [0.29, 0.717) is 28.9 Å². The van der Waals surface area contributed by atoms with Gasteiger partial charge in [0.15, 0.2) is 6.61 Å². The van der Waals surface area contributed by atoms with Crippen LogP contribution in [0.2, 0.25) is 0 Å². The number of esters is 1. The monoisotopic (exact) mass is 569 g/mol. The topological polar surface area (TPSA) is 82.8 Å². The molecule has 0 unspecified atom stereocenters. The Morgan fingerprint density at radius 2 is 2.10 bits per heavy atom. The molecule has 2 aromatic carbocycles. The molecule has 0 saturated carbocycles. The molecule has 0 aliphatic heterocycles. The molecule has 150 valence electrons. The van der Waals surface area contributed by atoms with Gasteiger partial charge in [-0.15, -0.1) is 0 Å². The van der Waals surface area contributed by atoms with Gasteiger partial charge in [-0.2, -0.15) is 9.78 Å². The molecule has 0 spiro atoms. The summed E-state index contributed by atoms with van der Waals surface area (Å²) in [6, 6.07) is 10.8. The highest BCUT2D eigenvalue weighted by Crippen LogP contribution is 2.22. The number of methoxy groups -OCH3 is 1. The zero-order valence-electron chi connectivity index (χ0n) is 15.7. The summed E-state index contributed by atoms with van der Waals surface area (Å²) in [4.78, 5) is 28.7. The highest BCUT2D eigenvalue weighted by Gasteiger charge is 2.10. The first-order valence-corrected chi connectivity index (χ1v) is 10.5. The Bertz CT molecular complexity index is 1160. The van der Waals surface area contributed by atoms with Crippen LogP contribution in [0.4, 0.5) is 0 Å². The molecule has 7 nitrogen and oxygen atoms in total. The largest absolute Gasteiger partial charge is 0.481 e. The molecular weight excluding hydrogens is 553 g/mol. The normalized spacial score (nSPS) is 11.2. The summed E-state index contributed by atoms with van der Waals surface area (Å²) >= 11 is 5.50. The molecule has 0 atom stereocenters. The fourth-order valence-corrected chi connectivity index (χ4v) is 3.63. The number of nitrogens with zero attached hydrogens (tertiary/aromatic N) is 3. The molecule has 0 radical (unpaired) electrons. The fraction of sp³-hybridized carbons (Fsp3) is 0.200. The Balaban J connectivity index is 1.92. The highest BCUT2D eigenvalue weighted by atomic mass is 127. The minimum Gasteiger partial charge on any atom is -0.481 e. The van der Waals surface area contributed by atoms with Crippen molar-refractivity contribution in [2.75, 3.05) is 13.7 Å². The number of ether oxygens (including phenoxy) is 2. The van der Waals surface area contributed by atoms with Crippen molar-refractivity contribution in [3.63, 3.8) is 0 Å². The summed E-state index contributed by atoms with van der Waals surface area (Å²) in [5.74, 6) is 0.693. The minimum atomic E-state index is -0.451. The van der Waals surface area contributed by atoms with E-state index in [1.54, 1.807) is 24.4 Å². The van der Waals surface area contributed by atoms with Gasteiger partial charge in [-0.25, -0.2) is 9.78 Å². The van der Waals surface area contributed by atoms with E-state index in [4.69, 9.17) is 4.74 Å². The van der Waals surface area contributed by atoms with Crippen LogP contribution in [0.5, 0.6) is 5.75 Å². The third-order valence-corrected chi connectivity index (χ3v) is 5.38. The van der Waals surface area contributed by atoms with Gasteiger partial charge in [0.1, 0.15) is 11.6 Å². The van der Waals surface area contributed by atoms with Crippen LogP contribution >= 0.6 is 38.5 Å². The van der Waals surface area contributed by atoms with E-state index < -0.39 is 5.97 Å². The lowest BCUT2D eigenvalue weighted by Gasteiger charge is -2.09. The van der Waals surface area contributed by atoms with Gasteiger partial charge in [0.25, 0.3) is 5.56 Å². The van der Waals surface area contributed by atoms with Crippen molar-refractivity contribution in [2.45, 2.75) is 13.3 Å². The first-order valence-electron chi connectivity index (χ1n) is 8.67. The van der Waals surface area contributed by atoms with Crippen molar-refractivity contribution in [1.29, 1.82) is 0 Å². The van der Waals surface area contributed by atoms with Crippen molar-refractivity contribution in [2.24, 2.45) is 5.10 Å². The Morgan fingerprint density at radius 3 is 2.79 bits per heavy atom. The number of aryl methyl sites for hydroxylation is 1. The van der Waals surface area contributed by atoms with Crippen LogP contribution in [0.3, 0.4) is 0 Å². The third kappa shape index (κ3) is 5.02. The molecule has 0 saturated heterocycles. The Morgan fingerprint density at radius 1 is 1.31 bits per heavy atom. The van der Waals surface area contributed by atoms with E-state index in [1.165, 1.54) is 11.8 Å². The standard InChI is InChI=1S/C20H17BrIN3O4/c1-3-18-24-16-6-5-13(21)9-14(16)20(27)25(18)23-10-12-4-7-17(15(22)8-12)29-11-19(26)28-2/h4-10H,3,11H2,1-2H3. The van der Waals surface area contributed by atoms with Gasteiger partial charge in [-0.1, -0.05) is 22.9 Å². The van der Waals surface area contributed by atoms with Crippen LogP contribution in [0.1, 0.15) is 18.3 Å². The first kappa shape index (κ1) is 21.4. The van der Waals surface area contributed by atoms with E-state index in [1.807, 2.05) is 25.1 Å². The summed E-state index contributed by atoms with van der Waals surface area (Å²) in [6.07, 6.45) is 2.16. The predicted molar refractivity (Wildman–Crippen MR) is 123 cm³/mol. The smallest absolute Gasteiger partial charge is 0.343 e. The number of carbonyl (C=O) groups excluding carboxylic acids is 1. The molecule has 1 aromatic heterocycles. The van der Waals surface area contributed by atoms with E-state index in [-0.39, 0.29) is 12.2 Å². The lowest BCUT2D eigenvalue weighted by atomic mass is 10.2. The second-order valence-electron chi connectivity index (χ2n) is 5.96. The molecule has 0 aliphatic carbocycles. The summed E-state index contributed by atoms with van der Waals surface area (Å²) in [5, 5.41) is 4.86. The molecule has 29 heavy (non-hydrogen) atoms. The lowest BCUT2D eigenvalue weighted by molar-refractivity contribution is -0.142. The molecular formula is C20H17BrIN3O4. The summed E-state index contributed by atoms with van der Waals surface area (Å²) in [7, 11) is 1.31. The summed E-state index contributed by atoms with van der Waals surface area (Å²) in [5.41, 5.74) is 1.20. The van der Waals surface area contributed by atoms with Crippen LogP contribution < -0.4 is 10.3 Å². The molecule has 0 N–H and O–H groups in total. The van der Waals surface area contributed by atoms with Gasteiger partial charge < -0.3 is 9.47 Å². The average Bonchev–Trinajstić information content (AvgIpc) is 2.72. The quantitative estimate of drug-likeness (QED) is 0.256. The van der Waals surface area contributed by atoms with E-state index in [2.05, 4.69) is 53.3 Å². The van der Waals surface area contributed by atoms with Gasteiger partial charge in [0.2, 0.25) is 0 Å². The third-order valence-electron chi connectivity index (χ3n) is 4.04. The maximum absolute atomic E-state index is 12.9. The van der Waals surface area contributed by atoms with Crippen molar-refractivity contribution in [3.05, 3.63) is 66.2 Å². The molecule has 0 bridgehead atoms. The van der Waals surface area contributed by atoms with Crippen molar-refractivity contribution >= 4 is 61.6 Å². The van der Waals surface area contributed by atoms with Crippen molar-refractivity contribution in [3.8, 4) is 5.75 Å². The summed E-state index contributed by atoms with van der Waals surface area (Å²) < 4.78 is 12.9. The molecule has 9 heteroatoms. The van der Waals surface area contributed by atoms with Crippen molar-refractivity contribution in [1.82, 2.24) is 9.66 Å². The maximum atomic E-state index is 12.9. The van der Waals surface area contributed by atoms with Gasteiger partial charge in [0.05, 0.1) is 27.8 Å². The molecule has 0 amide bonds. The van der Waals surface area contributed by atoms with Crippen LogP contribution in [0, 0.1) is 3.57 Å². The Labute approximate surface area is 189 Å². The van der Waals surface area contributed by atoms with Gasteiger partial charge >= 0.3 is 5.97 Å². The van der Waals surface area contributed by atoms with E-state index in [9.17, 15) is 9.59 Å². The second-order valence-corrected chi connectivity index (χ2v) is 8.04. The zero-order chi connectivity index (χ0) is 21.0. The van der Waals surface area contributed by atoms with E-state index >= 15 is 0 Å². The number of rotatable bonds is 6. The maximum Gasteiger partial charge on any atom is 0.343 e. The van der Waals surface area contributed by atoms with Crippen LogP contribution in [-0.4, -0.2) is 35.6 Å². The number of fused-ring (bicyclic) bond motifs is 1. The number of hydrogen-bond donors (Lipinski definition) is 0. The second kappa shape index (κ2) is 9.49.